The second-order valence-electron chi connectivity index (χ2n) is 5.01. The Balaban J connectivity index is 0.00000110. The number of anilines is 3. The van der Waals surface area contributed by atoms with Crippen LogP contribution in [0.3, 0.4) is 0 Å². The lowest BCUT2D eigenvalue weighted by Gasteiger charge is -2.21. The van der Waals surface area contributed by atoms with E-state index in [0.717, 1.165) is 13.2 Å². The van der Waals surface area contributed by atoms with Gasteiger partial charge in [-0.1, -0.05) is 43.7 Å². The van der Waals surface area contributed by atoms with Gasteiger partial charge in [0, 0.05) is 12.2 Å². The Hall–Kier alpha value is -0.500. The highest BCUT2D eigenvalue weighted by atomic mass is 127. The quantitative estimate of drug-likeness (QED) is 0.494. The topological polar surface area (TPSA) is 6.48 Å². The van der Waals surface area contributed by atoms with Crippen LogP contribution in [0.2, 0.25) is 0 Å². The molecule has 2 aromatic rings. The SMILES string of the molecule is CCCCN1CN(c2ccccc2)c2ccccc21.I.I. The summed E-state index contributed by atoms with van der Waals surface area (Å²) in [5.74, 6) is 0. The van der Waals surface area contributed by atoms with Gasteiger partial charge in [0.15, 0.2) is 0 Å². The summed E-state index contributed by atoms with van der Waals surface area (Å²) in [6, 6.07) is 19.3. The van der Waals surface area contributed by atoms with E-state index in [9.17, 15) is 0 Å². The number of fused-ring (bicyclic) bond motifs is 1. The fourth-order valence-electron chi connectivity index (χ4n) is 2.65. The third-order valence-corrected chi connectivity index (χ3v) is 3.67. The molecule has 2 nitrogen and oxygen atoms in total. The molecule has 0 unspecified atom stereocenters. The highest BCUT2D eigenvalue weighted by Crippen LogP contribution is 2.40. The maximum Gasteiger partial charge on any atom is 0.0953 e. The summed E-state index contributed by atoms with van der Waals surface area (Å²) >= 11 is 0. The third kappa shape index (κ3) is 4.03. The van der Waals surface area contributed by atoms with Gasteiger partial charge in [0.1, 0.15) is 0 Å². The van der Waals surface area contributed by atoms with Crippen LogP contribution in [0.5, 0.6) is 0 Å². The molecule has 1 heterocycles. The first kappa shape index (κ1) is 18.5. The van der Waals surface area contributed by atoms with E-state index in [0.29, 0.717) is 0 Å². The first-order valence-corrected chi connectivity index (χ1v) is 7.06. The Morgan fingerprint density at radius 3 is 2.14 bits per heavy atom. The van der Waals surface area contributed by atoms with Crippen LogP contribution in [0.25, 0.3) is 0 Å². The number of benzene rings is 2. The zero-order valence-corrected chi connectivity index (χ0v) is 16.9. The van der Waals surface area contributed by atoms with Gasteiger partial charge in [-0.05, 0) is 30.7 Å². The summed E-state index contributed by atoms with van der Waals surface area (Å²) in [4.78, 5) is 4.87. The molecular formula is C17H22I2N2. The molecule has 1 aliphatic heterocycles. The number of unbranched alkanes of at least 4 members (excludes halogenated alkanes) is 1. The number of hydrogen-bond donors (Lipinski definition) is 0. The zero-order chi connectivity index (χ0) is 13.1. The molecule has 0 aromatic heterocycles. The van der Waals surface area contributed by atoms with Crippen LogP contribution in [0, 0.1) is 0 Å². The summed E-state index contributed by atoms with van der Waals surface area (Å²) in [6.45, 7) is 4.34. The van der Waals surface area contributed by atoms with Crippen molar-refractivity contribution >= 4 is 65.0 Å². The first-order chi connectivity index (χ1) is 9.40. The van der Waals surface area contributed by atoms with Crippen LogP contribution >= 0.6 is 48.0 Å². The lowest BCUT2D eigenvalue weighted by Crippen LogP contribution is -2.28. The number of hydrogen-bond acceptors (Lipinski definition) is 2. The average molecular weight is 508 g/mol. The molecule has 0 fully saturated rings. The van der Waals surface area contributed by atoms with Crippen molar-refractivity contribution in [2.24, 2.45) is 0 Å². The molecule has 0 saturated carbocycles. The molecule has 0 bridgehead atoms. The van der Waals surface area contributed by atoms with Crippen molar-refractivity contribution < 1.29 is 0 Å². The van der Waals surface area contributed by atoms with Gasteiger partial charge in [0.25, 0.3) is 0 Å². The monoisotopic (exact) mass is 508 g/mol. The van der Waals surface area contributed by atoms with Gasteiger partial charge in [-0.25, -0.2) is 0 Å². The second kappa shape index (κ2) is 8.82. The fraction of sp³-hybridized carbons (Fsp3) is 0.294. The standard InChI is InChI=1S/C17H20N2.2HI/c1-2-3-13-18-14-19(15-9-5-4-6-10-15)17-12-8-7-11-16(17)18;;/h4-12H,2-3,13-14H2,1H3;2*1H. The minimum atomic E-state index is 0. The Kier molecular flexibility index (Phi) is 7.79. The number of para-hydroxylation sites is 3. The van der Waals surface area contributed by atoms with Crippen LogP contribution in [0.15, 0.2) is 54.6 Å². The van der Waals surface area contributed by atoms with Gasteiger partial charge in [-0.15, -0.1) is 48.0 Å². The molecule has 0 aliphatic carbocycles. The number of nitrogens with zero attached hydrogens (tertiary/aromatic N) is 2. The molecule has 114 valence electrons. The Labute approximate surface area is 161 Å². The minimum Gasteiger partial charge on any atom is -0.352 e. The highest BCUT2D eigenvalue weighted by molar-refractivity contribution is 14.0. The van der Waals surface area contributed by atoms with Crippen LogP contribution in [0.1, 0.15) is 19.8 Å². The number of rotatable bonds is 4. The van der Waals surface area contributed by atoms with Crippen molar-refractivity contribution in [3.8, 4) is 0 Å². The van der Waals surface area contributed by atoms with E-state index in [4.69, 9.17) is 0 Å². The van der Waals surface area contributed by atoms with E-state index in [1.165, 1.54) is 29.9 Å². The zero-order valence-electron chi connectivity index (χ0n) is 12.2. The van der Waals surface area contributed by atoms with Gasteiger partial charge in [-0.3, -0.25) is 0 Å². The molecule has 0 radical (unpaired) electrons. The summed E-state index contributed by atoms with van der Waals surface area (Å²) in [7, 11) is 0. The van der Waals surface area contributed by atoms with Crippen molar-refractivity contribution in [3.05, 3.63) is 54.6 Å². The first-order valence-electron chi connectivity index (χ1n) is 7.06. The second-order valence-corrected chi connectivity index (χ2v) is 5.01. The molecule has 21 heavy (non-hydrogen) atoms. The van der Waals surface area contributed by atoms with Gasteiger partial charge >= 0.3 is 0 Å². The smallest absolute Gasteiger partial charge is 0.0953 e. The summed E-state index contributed by atoms with van der Waals surface area (Å²) < 4.78 is 0. The summed E-state index contributed by atoms with van der Waals surface area (Å²) in [5, 5.41) is 0. The van der Waals surface area contributed by atoms with Crippen molar-refractivity contribution in [3.63, 3.8) is 0 Å². The number of halogens is 2. The normalized spacial score (nSPS) is 12.4. The van der Waals surface area contributed by atoms with E-state index < -0.39 is 0 Å². The Morgan fingerprint density at radius 1 is 0.857 bits per heavy atom. The molecule has 3 rings (SSSR count). The van der Waals surface area contributed by atoms with Crippen molar-refractivity contribution in [1.82, 2.24) is 0 Å². The average Bonchev–Trinajstić information content (AvgIpc) is 2.85. The summed E-state index contributed by atoms with van der Waals surface area (Å²) in [6.07, 6.45) is 2.49. The maximum absolute atomic E-state index is 2.48. The minimum absolute atomic E-state index is 0. The van der Waals surface area contributed by atoms with E-state index in [2.05, 4.69) is 71.3 Å². The molecule has 0 N–H and O–H groups in total. The Morgan fingerprint density at radius 2 is 1.48 bits per heavy atom. The van der Waals surface area contributed by atoms with E-state index in [1.807, 2.05) is 0 Å². The summed E-state index contributed by atoms with van der Waals surface area (Å²) in [5.41, 5.74) is 3.96. The van der Waals surface area contributed by atoms with Crippen LogP contribution in [-0.2, 0) is 0 Å². The van der Waals surface area contributed by atoms with Crippen LogP contribution in [-0.4, -0.2) is 13.2 Å². The maximum atomic E-state index is 2.48. The van der Waals surface area contributed by atoms with Crippen LogP contribution in [0.4, 0.5) is 17.1 Å². The lowest BCUT2D eigenvalue weighted by molar-refractivity contribution is 0.736. The van der Waals surface area contributed by atoms with E-state index in [-0.39, 0.29) is 48.0 Å². The molecule has 0 saturated heterocycles. The molecule has 1 aliphatic rings. The predicted molar refractivity (Wildman–Crippen MR) is 113 cm³/mol. The predicted octanol–water partition coefficient (Wildman–Crippen LogP) is 5.64. The molecule has 2 aromatic carbocycles. The van der Waals surface area contributed by atoms with Gasteiger partial charge in [0.2, 0.25) is 0 Å². The largest absolute Gasteiger partial charge is 0.352 e. The molecule has 0 atom stereocenters. The molecule has 4 heteroatoms. The van der Waals surface area contributed by atoms with Gasteiger partial charge in [-0.2, -0.15) is 0 Å². The van der Waals surface area contributed by atoms with Gasteiger partial charge < -0.3 is 9.80 Å². The van der Waals surface area contributed by atoms with Crippen molar-refractivity contribution in [2.75, 3.05) is 23.0 Å². The molecule has 0 amide bonds. The molecular weight excluding hydrogens is 486 g/mol. The van der Waals surface area contributed by atoms with E-state index >= 15 is 0 Å². The van der Waals surface area contributed by atoms with Crippen molar-refractivity contribution in [1.29, 1.82) is 0 Å². The lowest BCUT2D eigenvalue weighted by atomic mass is 10.2. The fourth-order valence-corrected chi connectivity index (χ4v) is 2.65. The third-order valence-electron chi connectivity index (χ3n) is 3.67. The Bertz CT molecular complexity index is 545. The highest BCUT2D eigenvalue weighted by Gasteiger charge is 2.25. The van der Waals surface area contributed by atoms with Crippen molar-refractivity contribution in [2.45, 2.75) is 19.8 Å². The van der Waals surface area contributed by atoms with Gasteiger partial charge in [0.05, 0.1) is 18.0 Å². The van der Waals surface area contributed by atoms with Crippen LogP contribution < -0.4 is 9.80 Å². The van der Waals surface area contributed by atoms with E-state index in [1.54, 1.807) is 0 Å². The molecule has 0 spiro atoms.